The topological polar surface area (TPSA) is 38.9 Å². The van der Waals surface area contributed by atoms with Gasteiger partial charge in [-0.2, -0.15) is 0 Å². The van der Waals surface area contributed by atoms with Crippen LogP contribution in [0.25, 0.3) is 0 Å². The van der Waals surface area contributed by atoms with E-state index in [0.29, 0.717) is 0 Å². The third-order valence-corrected chi connectivity index (χ3v) is 4.79. The molecule has 0 aromatic carbocycles. The average molecular weight is 420 g/mol. The van der Waals surface area contributed by atoms with E-state index >= 15 is 0 Å². The number of aromatic nitrogens is 2. The maximum absolute atomic E-state index is 5.65. The van der Waals surface area contributed by atoms with Gasteiger partial charge in [-0.15, -0.1) is 10.2 Å². The molecule has 0 aliphatic rings. The lowest BCUT2D eigenvalue weighted by Gasteiger charge is -2.01. The number of alkyl halides is 1. The van der Waals surface area contributed by atoms with Gasteiger partial charge in [-0.05, 0) is 12.8 Å². The van der Waals surface area contributed by atoms with Gasteiger partial charge in [0.2, 0.25) is 11.8 Å². The first kappa shape index (κ1) is 19.9. The van der Waals surface area contributed by atoms with Crippen LogP contribution in [0.5, 0.6) is 0 Å². The third kappa shape index (κ3) is 10.6. The first-order valence-corrected chi connectivity index (χ1v) is 10.8. The van der Waals surface area contributed by atoms with E-state index in [0.717, 1.165) is 35.5 Å². The molecule has 0 amide bonds. The van der Waals surface area contributed by atoms with Crippen molar-refractivity contribution in [3.05, 3.63) is 11.8 Å². The number of rotatable bonds is 15. The number of aryl methyl sites for hydroxylation is 2. The molecule has 4 heteroatoms. The van der Waals surface area contributed by atoms with Crippen LogP contribution >= 0.6 is 22.6 Å². The van der Waals surface area contributed by atoms with Gasteiger partial charge in [0.1, 0.15) is 0 Å². The van der Waals surface area contributed by atoms with Crippen molar-refractivity contribution >= 4 is 22.6 Å². The summed E-state index contributed by atoms with van der Waals surface area (Å²) in [5, 5.41) is 8.24. The maximum atomic E-state index is 5.65. The minimum Gasteiger partial charge on any atom is -0.425 e. The maximum Gasteiger partial charge on any atom is 0.216 e. The lowest BCUT2D eigenvalue weighted by molar-refractivity contribution is 0.438. The van der Waals surface area contributed by atoms with Crippen LogP contribution in [0.1, 0.15) is 95.8 Å². The smallest absolute Gasteiger partial charge is 0.216 e. The van der Waals surface area contributed by atoms with Crippen LogP contribution in [0, 0.1) is 0 Å². The van der Waals surface area contributed by atoms with Crippen molar-refractivity contribution in [1.29, 1.82) is 0 Å². The van der Waals surface area contributed by atoms with Crippen molar-refractivity contribution < 1.29 is 4.42 Å². The Balaban J connectivity index is 1.88. The van der Waals surface area contributed by atoms with E-state index < -0.39 is 0 Å². The van der Waals surface area contributed by atoms with Crippen molar-refractivity contribution in [2.45, 2.75) is 96.8 Å². The molecule has 0 unspecified atom stereocenters. The largest absolute Gasteiger partial charge is 0.425 e. The van der Waals surface area contributed by atoms with Gasteiger partial charge in [0, 0.05) is 17.3 Å². The van der Waals surface area contributed by atoms with E-state index in [2.05, 4.69) is 39.7 Å². The molecule has 1 aromatic heterocycles. The summed E-state index contributed by atoms with van der Waals surface area (Å²) in [6.07, 6.45) is 18.1. The summed E-state index contributed by atoms with van der Waals surface area (Å²) in [4.78, 5) is 0. The molecule has 0 saturated carbocycles. The fourth-order valence-electron chi connectivity index (χ4n) is 2.65. The van der Waals surface area contributed by atoms with Gasteiger partial charge < -0.3 is 4.42 Å². The molecule has 0 radical (unpaired) electrons. The highest BCUT2D eigenvalue weighted by molar-refractivity contribution is 14.1. The van der Waals surface area contributed by atoms with Crippen molar-refractivity contribution in [1.82, 2.24) is 10.2 Å². The summed E-state index contributed by atoms with van der Waals surface area (Å²) < 4.78 is 6.80. The van der Waals surface area contributed by atoms with Crippen molar-refractivity contribution in [2.24, 2.45) is 0 Å². The zero-order chi connectivity index (χ0) is 15.9. The number of halogens is 1. The highest BCUT2D eigenvalue weighted by atomic mass is 127. The zero-order valence-corrected chi connectivity index (χ0v) is 16.4. The van der Waals surface area contributed by atoms with Crippen molar-refractivity contribution in [3.63, 3.8) is 0 Å². The van der Waals surface area contributed by atoms with Gasteiger partial charge in [0.15, 0.2) is 0 Å². The van der Waals surface area contributed by atoms with Crippen LogP contribution < -0.4 is 0 Å². The van der Waals surface area contributed by atoms with Gasteiger partial charge in [-0.25, -0.2) is 0 Å². The molecule has 1 heterocycles. The Kier molecular flexibility index (Phi) is 13.1. The number of hydrogen-bond acceptors (Lipinski definition) is 3. The van der Waals surface area contributed by atoms with Gasteiger partial charge in [0.05, 0.1) is 0 Å². The SMILES string of the molecule is CCCCCCCCCCCCCc1nnc(CCCI)o1. The number of hydrogen-bond donors (Lipinski definition) is 0. The molecule has 0 atom stereocenters. The van der Waals surface area contributed by atoms with Gasteiger partial charge in [0.25, 0.3) is 0 Å². The summed E-state index contributed by atoms with van der Waals surface area (Å²) >= 11 is 2.38. The molecule has 0 fully saturated rings. The Morgan fingerprint density at radius 2 is 1.14 bits per heavy atom. The zero-order valence-electron chi connectivity index (χ0n) is 14.3. The van der Waals surface area contributed by atoms with Gasteiger partial charge >= 0.3 is 0 Å². The molecule has 1 aromatic rings. The Hall–Kier alpha value is -0.130. The van der Waals surface area contributed by atoms with E-state index in [1.54, 1.807) is 0 Å². The van der Waals surface area contributed by atoms with E-state index in [-0.39, 0.29) is 0 Å². The van der Waals surface area contributed by atoms with Crippen LogP contribution in [-0.2, 0) is 12.8 Å². The quantitative estimate of drug-likeness (QED) is 0.190. The Morgan fingerprint density at radius 3 is 1.64 bits per heavy atom. The Labute approximate surface area is 150 Å². The summed E-state index contributed by atoms with van der Waals surface area (Å²) in [5.41, 5.74) is 0. The van der Waals surface area contributed by atoms with Crippen LogP contribution in [0.2, 0.25) is 0 Å². The summed E-state index contributed by atoms with van der Waals surface area (Å²) in [7, 11) is 0. The second-order valence-corrected chi connectivity index (χ2v) is 7.25. The highest BCUT2D eigenvalue weighted by Gasteiger charge is 2.05. The minimum atomic E-state index is 0.815. The molecule has 3 nitrogen and oxygen atoms in total. The van der Waals surface area contributed by atoms with E-state index in [1.807, 2.05) is 0 Å². The first-order chi connectivity index (χ1) is 10.9. The minimum absolute atomic E-state index is 0.815. The standard InChI is InChI=1S/C18H33IN2O/c1-2-3-4-5-6-7-8-9-10-11-12-14-17-20-21-18(22-17)15-13-16-19/h2-16H2,1H3. The molecule has 22 heavy (non-hydrogen) atoms. The fourth-order valence-corrected chi connectivity index (χ4v) is 3.03. The molecular weight excluding hydrogens is 387 g/mol. The van der Waals surface area contributed by atoms with E-state index in [9.17, 15) is 0 Å². The molecule has 0 N–H and O–H groups in total. The summed E-state index contributed by atoms with van der Waals surface area (Å²) in [5.74, 6) is 1.65. The predicted octanol–water partition coefficient (Wildman–Crippen LogP) is 6.29. The lowest BCUT2D eigenvalue weighted by atomic mass is 10.1. The third-order valence-electron chi connectivity index (χ3n) is 4.03. The highest BCUT2D eigenvalue weighted by Crippen LogP contribution is 2.13. The van der Waals surface area contributed by atoms with Crippen molar-refractivity contribution in [3.8, 4) is 0 Å². The van der Waals surface area contributed by atoms with E-state index in [1.165, 1.54) is 70.6 Å². The Morgan fingerprint density at radius 1 is 0.682 bits per heavy atom. The van der Waals surface area contributed by atoms with E-state index in [4.69, 9.17) is 4.42 Å². The average Bonchev–Trinajstić information content (AvgIpc) is 2.98. The summed E-state index contributed by atoms with van der Waals surface area (Å²) in [6, 6.07) is 0. The molecular formula is C18H33IN2O. The molecule has 1 rings (SSSR count). The molecule has 0 aliphatic carbocycles. The number of unbranched alkanes of at least 4 members (excludes halogenated alkanes) is 10. The second kappa shape index (κ2) is 14.5. The van der Waals surface area contributed by atoms with Crippen LogP contribution in [0.3, 0.4) is 0 Å². The molecule has 128 valence electrons. The second-order valence-electron chi connectivity index (χ2n) is 6.17. The van der Waals surface area contributed by atoms with Crippen LogP contribution in [0.15, 0.2) is 4.42 Å². The van der Waals surface area contributed by atoms with Crippen LogP contribution in [0.4, 0.5) is 0 Å². The van der Waals surface area contributed by atoms with Crippen molar-refractivity contribution in [2.75, 3.05) is 4.43 Å². The predicted molar refractivity (Wildman–Crippen MR) is 102 cm³/mol. The molecule has 0 saturated heterocycles. The lowest BCUT2D eigenvalue weighted by Crippen LogP contribution is -1.87. The van der Waals surface area contributed by atoms with Gasteiger partial charge in [-0.1, -0.05) is 93.7 Å². The first-order valence-electron chi connectivity index (χ1n) is 9.24. The monoisotopic (exact) mass is 420 g/mol. The molecule has 0 bridgehead atoms. The molecule has 0 spiro atoms. The normalized spacial score (nSPS) is 11.2. The fraction of sp³-hybridized carbons (Fsp3) is 0.889. The number of nitrogens with zero attached hydrogens (tertiary/aromatic N) is 2. The summed E-state index contributed by atoms with van der Waals surface area (Å²) in [6.45, 7) is 2.28. The Bertz CT molecular complexity index is 355. The van der Waals surface area contributed by atoms with Gasteiger partial charge in [-0.3, -0.25) is 0 Å². The van der Waals surface area contributed by atoms with Crippen LogP contribution in [-0.4, -0.2) is 14.6 Å². The molecule has 0 aliphatic heterocycles.